The number of hydrogen-bond donors (Lipinski definition) is 0. The second kappa shape index (κ2) is 4.48. The first kappa shape index (κ1) is 10.8. The Morgan fingerprint density at radius 1 is 0.882 bits per heavy atom. The van der Waals surface area contributed by atoms with Crippen LogP contribution in [-0.4, -0.2) is 0 Å². The first-order valence-corrected chi connectivity index (χ1v) is 6.74. The van der Waals surface area contributed by atoms with Crippen molar-refractivity contribution in [3.8, 4) is 0 Å². The highest BCUT2D eigenvalue weighted by Crippen LogP contribution is 2.24. The van der Waals surface area contributed by atoms with Crippen LogP contribution in [0.2, 0.25) is 0 Å². The number of rotatable bonds is 0. The van der Waals surface area contributed by atoms with Gasteiger partial charge in [0.05, 0.1) is 0 Å². The van der Waals surface area contributed by atoms with E-state index in [0.29, 0.717) is 0 Å². The largest absolute Gasteiger partial charge is 0.207 e. The predicted molar refractivity (Wildman–Crippen MR) is 71.0 cm³/mol. The summed E-state index contributed by atoms with van der Waals surface area (Å²) in [5.41, 5.74) is 3.18. The SMILES string of the molecule is C[n+]1ccc2cc3c(cc2c1)CCCCCC3. The Bertz CT molecular complexity index is 542. The van der Waals surface area contributed by atoms with E-state index in [4.69, 9.17) is 0 Å². The number of nitrogens with zero attached hydrogens (tertiary/aromatic N) is 1. The Morgan fingerprint density at radius 2 is 1.53 bits per heavy atom. The molecule has 2 aromatic rings. The molecule has 1 aromatic carbocycles. The first-order valence-electron chi connectivity index (χ1n) is 6.74. The molecule has 0 atom stereocenters. The fraction of sp³-hybridized carbons (Fsp3) is 0.438. The third-order valence-corrected chi connectivity index (χ3v) is 3.88. The highest BCUT2D eigenvalue weighted by atomic mass is 14.9. The van der Waals surface area contributed by atoms with E-state index < -0.39 is 0 Å². The van der Waals surface area contributed by atoms with Crippen LogP contribution in [0.3, 0.4) is 0 Å². The van der Waals surface area contributed by atoms with Gasteiger partial charge >= 0.3 is 0 Å². The molecule has 1 aliphatic carbocycles. The number of aromatic nitrogens is 1. The minimum Gasteiger partial charge on any atom is -0.207 e. The Kier molecular flexibility index (Phi) is 2.84. The summed E-state index contributed by atoms with van der Waals surface area (Å²) in [4.78, 5) is 0. The zero-order chi connectivity index (χ0) is 11.7. The van der Waals surface area contributed by atoms with Crippen molar-refractivity contribution in [1.29, 1.82) is 0 Å². The van der Waals surface area contributed by atoms with E-state index in [1.54, 1.807) is 11.1 Å². The zero-order valence-electron chi connectivity index (χ0n) is 10.6. The molecule has 1 heteroatoms. The third kappa shape index (κ3) is 2.19. The normalized spacial score (nSPS) is 16.3. The van der Waals surface area contributed by atoms with E-state index in [1.807, 2.05) is 0 Å². The van der Waals surface area contributed by atoms with Crippen LogP contribution in [0, 0.1) is 0 Å². The molecule has 1 aromatic heterocycles. The smallest absolute Gasteiger partial charge is 0.176 e. The van der Waals surface area contributed by atoms with Gasteiger partial charge < -0.3 is 0 Å². The molecule has 0 N–H and O–H groups in total. The van der Waals surface area contributed by atoms with Crippen molar-refractivity contribution in [1.82, 2.24) is 0 Å². The van der Waals surface area contributed by atoms with E-state index in [-0.39, 0.29) is 0 Å². The quantitative estimate of drug-likeness (QED) is 0.607. The molecule has 0 aliphatic heterocycles. The molecule has 0 saturated carbocycles. The summed E-state index contributed by atoms with van der Waals surface area (Å²) in [6.07, 6.45) is 12.4. The molecular weight excluding hydrogens is 206 g/mol. The molecule has 0 bridgehead atoms. The molecule has 1 heterocycles. The molecular formula is C16H20N+. The first-order chi connectivity index (χ1) is 8.33. The number of fused-ring (bicyclic) bond motifs is 2. The lowest BCUT2D eigenvalue weighted by molar-refractivity contribution is -0.670. The fourth-order valence-corrected chi connectivity index (χ4v) is 2.89. The molecule has 0 amide bonds. The Morgan fingerprint density at radius 3 is 2.24 bits per heavy atom. The van der Waals surface area contributed by atoms with E-state index >= 15 is 0 Å². The van der Waals surface area contributed by atoms with Gasteiger partial charge in [0, 0.05) is 11.5 Å². The van der Waals surface area contributed by atoms with Gasteiger partial charge in [-0.15, -0.1) is 0 Å². The van der Waals surface area contributed by atoms with E-state index in [9.17, 15) is 0 Å². The van der Waals surface area contributed by atoms with Gasteiger partial charge in [-0.3, -0.25) is 0 Å². The number of pyridine rings is 1. The predicted octanol–water partition coefficient (Wildman–Crippen LogP) is 3.32. The summed E-state index contributed by atoms with van der Waals surface area (Å²) in [6.45, 7) is 0. The fourth-order valence-electron chi connectivity index (χ4n) is 2.89. The number of aryl methyl sites for hydroxylation is 3. The summed E-state index contributed by atoms with van der Waals surface area (Å²) >= 11 is 0. The van der Waals surface area contributed by atoms with Gasteiger partial charge in [0.25, 0.3) is 0 Å². The summed E-state index contributed by atoms with van der Waals surface area (Å²) in [6, 6.07) is 7.06. The van der Waals surface area contributed by atoms with Crippen LogP contribution in [0.4, 0.5) is 0 Å². The van der Waals surface area contributed by atoms with Crippen molar-refractivity contribution in [2.24, 2.45) is 7.05 Å². The lowest BCUT2D eigenvalue weighted by atomic mass is 9.91. The zero-order valence-corrected chi connectivity index (χ0v) is 10.6. The number of hydrogen-bond acceptors (Lipinski definition) is 0. The molecule has 1 nitrogen and oxygen atoms in total. The topological polar surface area (TPSA) is 3.88 Å². The maximum atomic E-state index is 2.41. The van der Waals surface area contributed by atoms with Crippen LogP contribution in [0.1, 0.15) is 36.8 Å². The summed E-state index contributed by atoms with van der Waals surface area (Å²) < 4.78 is 2.14. The maximum absolute atomic E-state index is 2.41. The molecule has 0 unspecified atom stereocenters. The third-order valence-electron chi connectivity index (χ3n) is 3.88. The average Bonchev–Trinajstić information content (AvgIpc) is 2.29. The Labute approximate surface area is 103 Å². The maximum Gasteiger partial charge on any atom is 0.176 e. The molecule has 0 radical (unpaired) electrons. The van der Waals surface area contributed by atoms with Gasteiger partial charge in [-0.1, -0.05) is 18.9 Å². The van der Waals surface area contributed by atoms with Crippen LogP contribution in [0.5, 0.6) is 0 Å². The minimum atomic E-state index is 1.27. The minimum absolute atomic E-state index is 1.27. The highest BCUT2D eigenvalue weighted by Gasteiger charge is 2.09. The van der Waals surface area contributed by atoms with Crippen LogP contribution < -0.4 is 4.57 Å². The van der Waals surface area contributed by atoms with Crippen molar-refractivity contribution in [3.63, 3.8) is 0 Å². The van der Waals surface area contributed by atoms with Crippen molar-refractivity contribution in [2.45, 2.75) is 38.5 Å². The van der Waals surface area contributed by atoms with Crippen LogP contribution in [-0.2, 0) is 19.9 Å². The van der Waals surface area contributed by atoms with Crippen LogP contribution >= 0.6 is 0 Å². The van der Waals surface area contributed by atoms with Crippen LogP contribution in [0.15, 0.2) is 30.6 Å². The van der Waals surface area contributed by atoms with Crippen molar-refractivity contribution >= 4 is 10.8 Å². The van der Waals surface area contributed by atoms with Gasteiger partial charge in [0.2, 0.25) is 0 Å². The molecule has 17 heavy (non-hydrogen) atoms. The van der Waals surface area contributed by atoms with Gasteiger partial charge in [-0.2, -0.15) is 0 Å². The summed E-state index contributed by atoms with van der Waals surface area (Å²) in [7, 11) is 2.09. The van der Waals surface area contributed by atoms with Gasteiger partial charge in [0.1, 0.15) is 7.05 Å². The molecule has 0 spiro atoms. The summed E-state index contributed by atoms with van der Waals surface area (Å²) in [5, 5.41) is 2.77. The van der Waals surface area contributed by atoms with E-state index in [0.717, 1.165) is 0 Å². The standard InChI is InChI=1S/C16H20N/c1-17-9-8-15-10-13-6-4-2-3-5-7-14(13)11-16(15)12-17/h8-12H,2-7H2,1H3/q+1. The molecule has 88 valence electrons. The van der Waals surface area contributed by atoms with Gasteiger partial charge in [0.15, 0.2) is 12.4 Å². The average molecular weight is 226 g/mol. The Balaban J connectivity index is 2.13. The van der Waals surface area contributed by atoms with Crippen molar-refractivity contribution < 1.29 is 4.57 Å². The number of benzene rings is 1. The highest BCUT2D eigenvalue weighted by molar-refractivity contribution is 5.82. The lowest BCUT2D eigenvalue weighted by Crippen LogP contribution is -2.25. The van der Waals surface area contributed by atoms with Crippen LogP contribution in [0.25, 0.3) is 10.8 Å². The van der Waals surface area contributed by atoms with Crippen molar-refractivity contribution in [3.05, 3.63) is 41.7 Å². The molecule has 0 fully saturated rings. The van der Waals surface area contributed by atoms with Gasteiger partial charge in [-0.05, 0) is 48.3 Å². The Hall–Kier alpha value is -1.37. The summed E-state index contributed by atoms with van der Waals surface area (Å²) in [5.74, 6) is 0. The lowest BCUT2D eigenvalue weighted by Gasteiger charge is -2.14. The van der Waals surface area contributed by atoms with Gasteiger partial charge in [-0.25, -0.2) is 4.57 Å². The van der Waals surface area contributed by atoms with E-state index in [2.05, 4.69) is 42.2 Å². The molecule has 1 aliphatic rings. The second-order valence-electron chi connectivity index (χ2n) is 5.27. The monoisotopic (exact) mass is 226 g/mol. The van der Waals surface area contributed by atoms with Crippen molar-refractivity contribution in [2.75, 3.05) is 0 Å². The van der Waals surface area contributed by atoms with E-state index in [1.165, 1.54) is 49.3 Å². The molecule has 3 rings (SSSR count). The molecule has 0 saturated heterocycles. The second-order valence-corrected chi connectivity index (χ2v) is 5.27.